The molecule has 0 aliphatic heterocycles. The number of halogens is 5. The fourth-order valence-electron chi connectivity index (χ4n) is 2.45. The molecule has 3 aromatic heterocycles. The minimum absolute atomic E-state index is 0.0160. The van der Waals surface area contributed by atoms with Crippen molar-refractivity contribution in [2.75, 3.05) is 5.32 Å². The summed E-state index contributed by atoms with van der Waals surface area (Å²) in [5.74, 6) is -1.58. The van der Waals surface area contributed by atoms with Crippen molar-refractivity contribution >= 4 is 52.2 Å². The zero-order valence-corrected chi connectivity index (χ0v) is 18.5. The summed E-state index contributed by atoms with van der Waals surface area (Å²) in [7, 11) is 0. The number of rotatable bonds is 6. The monoisotopic (exact) mass is 504 g/mol. The summed E-state index contributed by atoms with van der Waals surface area (Å²) in [6.45, 7) is 1.82. The summed E-state index contributed by atoms with van der Waals surface area (Å²) < 4.78 is 38.8. The van der Waals surface area contributed by atoms with E-state index in [9.17, 15) is 22.8 Å². The molecule has 0 saturated carbocycles. The van der Waals surface area contributed by atoms with Crippen molar-refractivity contribution < 1.29 is 22.8 Å². The van der Waals surface area contributed by atoms with Gasteiger partial charge in [-0.15, -0.1) is 11.3 Å². The molecule has 0 unspecified atom stereocenters. The van der Waals surface area contributed by atoms with E-state index in [1.54, 1.807) is 0 Å². The smallest absolute Gasteiger partial charge is 0.344 e. The molecule has 2 amide bonds. The van der Waals surface area contributed by atoms with Crippen LogP contribution in [0.25, 0.3) is 0 Å². The molecule has 3 aromatic rings. The van der Waals surface area contributed by atoms with Crippen LogP contribution in [-0.2, 0) is 19.1 Å². The topological polar surface area (TPSA) is 110 Å². The number of hydrogen-bond acceptors (Lipinski definition) is 7. The first-order chi connectivity index (χ1) is 15.1. The molecule has 0 radical (unpaired) electrons. The predicted octanol–water partition coefficient (Wildman–Crippen LogP) is 4.40. The van der Waals surface area contributed by atoms with Crippen LogP contribution in [0.5, 0.6) is 0 Å². The highest BCUT2D eigenvalue weighted by Crippen LogP contribution is 2.35. The number of alkyl halides is 3. The molecular weight excluding hydrogens is 492 g/mol. The Morgan fingerprint density at radius 3 is 2.53 bits per heavy atom. The number of pyridine rings is 1. The van der Waals surface area contributed by atoms with E-state index in [0.717, 1.165) is 17.5 Å². The van der Waals surface area contributed by atoms with Crippen molar-refractivity contribution in [3.63, 3.8) is 0 Å². The first-order valence-electron chi connectivity index (χ1n) is 8.86. The van der Waals surface area contributed by atoms with Gasteiger partial charge in [0.25, 0.3) is 11.8 Å². The lowest BCUT2D eigenvalue weighted by Gasteiger charge is -2.10. The third-order valence-corrected chi connectivity index (χ3v) is 5.69. The highest BCUT2D eigenvalue weighted by Gasteiger charge is 2.34. The number of aromatic nitrogens is 4. The van der Waals surface area contributed by atoms with E-state index in [1.165, 1.54) is 12.5 Å². The molecule has 0 atom stereocenters. The standard InChI is InChI=1S/C18H13Cl2F3N6O2S/c1-2-10-14(20)15(28-7-27-10)17(31)26-6-13-25-5-11(32-13)16(30)29-12-3-8(18(21,22)23)9(19)4-24-12/h3-5,7H,2,6H2,1H3,(H,26,31)(H,24,29,30). The maximum Gasteiger partial charge on any atom is 0.418 e. The van der Waals surface area contributed by atoms with Crippen molar-refractivity contribution in [2.24, 2.45) is 0 Å². The van der Waals surface area contributed by atoms with Crippen molar-refractivity contribution in [3.8, 4) is 0 Å². The molecule has 0 aliphatic rings. The SMILES string of the molecule is CCc1ncnc(C(=O)NCc2ncc(C(=O)Nc3cc(C(F)(F)F)c(Cl)cn3)s2)c1Cl. The van der Waals surface area contributed by atoms with Crippen molar-refractivity contribution in [3.05, 3.63) is 61.7 Å². The molecule has 14 heteroatoms. The summed E-state index contributed by atoms with van der Waals surface area (Å²) in [4.78, 5) is 40.3. The fraction of sp³-hybridized carbons (Fsp3) is 0.222. The molecule has 168 valence electrons. The van der Waals surface area contributed by atoms with Gasteiger partial charge in [-0.25, -0.2) is 19.9 Å². The molecule has 32 heavy (non-hydrogen) atoms. The molecule has 0 bridgehead atoms. The lowest BCUT2D eigenvalue weighted by Crippen LogP contribution is -2.24. The van der Waals surface area contributed by atoms with Crippen LogP contribution in [0.4, 0.5) is 19.0 Å². The van der Waals surface area contributed by atoms with Crippen LogP contribution < -0.4 is 10.6 Å². The predicted molar refractivity (Wildman–Crippen MR) is 112 cm³/mol. The highest BCUT2D eigenvalue weighted by molar-refractivity contribution is 7.13. The van der Waals surface area contributed by atoms with Gasteiger partial charge in [-0.1, -0.05) is 30.1 Å². The van der Waals surface area contributed by atoms with E-state index in [4.69, 9.17) is 23.2 Å². The van der Waals surface area contributed by atoms with Gasteiger partial charge in [0.2, 0.25) is 0 Å². The van der Waals surface area contributed by atoms with Crippen LogP contribution in [0.15, 0.2) is 24.8 Å². The summed E-state index contributed by atoms with van der Waals surface area (Å²) in [5.41, 5.74) is -0.571. The second-order valence-electron chi connectivity index (χ2n) is 6.14. The molecular formula is C18H13Cl2F3N6O2S. The van der Waals surface area contributed by atoms with E-state index in [0.29, 0.717) is 23.2 Å². The molecule has 0 aliphatic carbocycles. The Morgan fingerprint density at radius 1 is 1.09 bits per heavy atom. The lowest BCUT2D eigenvalue weighted by atomic mass is 10.2. The molecule has 3 rings (SSSR count). The van der Waals surface area contributed by atoms with Gasteiger partial charge in [0.1, 0.15) is 27.7 Å². The average Bonchev–Trinajstić information content (AvgIpc) is 3.22. The largest absolute Gasteiger partial charge is 0.418 e. The normalized spacial score (nSPS) is 11.3. The fourth-order valence-corrected chi connectivity index (χ4v) is 3.73. The van der Waals surface area contributed by atoms with Gasteiger partial charge in [-0.3, -0.25) is 9.59 Å². The molecule has 0 fully saturated rings. The van der Waals surface area contributed by atoms with Crippen LogP contribution in [0.3, 0.4) is 0 Å². The van der Waals surface area contributed by atoms with Gasteiger partial charge in [0.15, 0.2) is 0 Å². The Balaban J connectivity index is 1.65. The molecule has 2 N–H and O–H groups in total. The molecule has 3 heterocycles. The Bertz CT molecular complexity index is 1170. The van der Waals surface area contributed by atoms with Gasteiger partial charge < -0.3 is 10.6 Å². The number of thiazole rings is 1. The second kappa shape index (κ2) is 9.76. The summed E-state index contributed by atoms with van der Waals surface area (Å²) in [6, 6.07) is 0.637. The summed E-state index contributed by atoms with van der Waals surface area (Å²) in [5, 5.41) is 4.80. The zero-order valence-electron chi connectivity index (χ0n) is 16.1. The number of hydrogen-bond donors (Lipinski definition) is 2. The number of carbonyl (C=O) groups excluding carboxylic acids is 2. The first-order valence-corrected chi connectivity index (χ1v) is 10.4. The second-order valence-corrected chi connectivity index (χ2v) is 8.04. The minimum Gasteiger partial charge on any atom is -0.344 e. The van der Waals surface area contributed by atoms with Gasteiger partial charge in [0.05, 0.1) is 34.0 Å². The molecule has 8 nitrogen and oxygen atoms in total. The van der Waals surface area contributed by atoms with E-state index in [1.807, 2.05) is 6.92 Å². The van der Waals surface area contributed by atoms with Crippen LogP contribution in [0.1, 0.15) is 43.3 Å². The third-order valence-electron chi connectivity index (χ3n) is 3.99. The van der Waals surface area contributed by atoms with E-state index in [2.05, 4.69) is 30.6 Å². The number of nitrogens with one attached hydrogen (secondary N) is 2. The minimum atomic E-state index is -4.69. The molecule has 0 spiro atoms. The Kier molecular flexibility index (Phi) is 7.26. The number of anilines is 1. The third kappa shape index (κ3) is 5.50. The first kappa shape index (κ1) is 23.8. The Labute approximate surface area is 193 Å². The van der Waals surface area contributed by atoms with E-state index >= 15 is 0 Å². The van der Waals surface area contributed by atoms with Crippen LogP contribution in [0.2, 0.25) is 10.0 Å². The summed E-state index contributed by atoms with van der Waals surface area (Å²) >= 11 is 12.6. The van der Waals surface area contributed by atoms with Crippen LogP contribution in [-0.4, -0.2) is 31.8 Å². The van der Waals surface area contributed by atoms with Crippen molar-refractivity contribution in [2.45, 2.75) is 26.1 Å². The quantitative estimate of drug-likeness (QED) is 0.514. The summed E-state index contributed by atoms with van der Waals surface area (Å²) in [6.07, 6.45) is -0.898. The maximum atomic E-state index is 12.9. The Hall–Kier alpha value is -2.83. The number of carbonyl (C=O) groups is 2. The highest BCUT2D eigenvalue weighted by atomic mass is 35.5. The van der Waals surface area contributed by atoms with Gasteiger partial charge >= 0.3 is 6.18 Å². The van der Waals surface area contributed by atoms with Gasteiger partial charge in [-0.05, 0) is 12.5 Å². The van der Waals surface area contributed by atoms with E-state index in [-0.39, 0.29) is 28.0 Å². The van der Waals surface area contributed by atoms with Gasteiger partial charge in [0, 0.05) is 6.20 Å². The number of nitrogens with zero attached hydrogens (tertiary/aromatic N) is 4. The van der Waals surface area contributed by atoms with Gasteiger partial charge in [-0.2, -0.15) is 13.2 Å². The lowest BCUT2D eigenvalue weighted by molar-refractivity contribution is -0.137. The van der Waals surface area contributed by atoms with E-state index < -0.39 is 28.6 Å². The number of aryl methyl sites for hydroxylation is 1. The average molecular weight is 505 g/mol. The zero-order chi connectivity index (χ0) is 23.5. The van der Waals surface area contributed by atoms with Crippen molar-refractivity contribution in [1.29, 1.82) is 0 Å². The molecule has 0 saturated heterocycles. The number of amides is 2. The van der Waals surface area contributed by atoms with Crippen LogP contribution >= 0.6 is 34.5 Å². The Morgan fingerprint density at radius 2 is 1.84 bits per heavy atom. The van der Waals surface area contributed by atoms with Crippen molar-refractivity contribution in [1.82, 2.24) is 25.3 Å². The molecule has 0 aromatic carbocycles. The van der Waals surface area contributed by atoms with Crippen LogP contribution in [0, 0.1) is 0 Å². The maximum absolute atomic E-state index is 12.9.